The first-order chi connectivity index (χ1) is 16.8. The fourth-order valence-corrected chi connectivity index (χ4v) is 3.03. The zero-order valence-electron chi connectivity index (χ0n) is 19.8. The van der Waals surface area contributed by atoms with E-state index in [2.05, 4.69) is 37.1 Å². The second kappa shape index (κ2) is 14.7. The van der Waals surface area contributed by atoms with E-state index in [0.717, 1.165) is 4.47 Å². The minimum absolute atomic E-state index is 0.109. The van der Waals surface area contributed by atoms with Gasteiger partial charge in [-0.15, -0.1) is 0 Å². The van der Waals surface area contributed by atoms with E-state index < -0.39 is 11.8 Å². The van der Waals surface area contributed by atoms with Crippen molar-refractivity contribution in [2.24, 2.45) is 5.10 Å². The van der Waals surface area contributed by atoms with Crippen molar-refractivity contribution in [3.8, 4) is 11.5 Å². The topological polar surface area (TPSA) is 127 Å². The molecule has 35 heavy (non-hydrogen) atoms. The molecule has 11 heteroatoms. The molecule has 0 saturated carbocycles. The molecule has 2 aromatic carbocycles. The summed E-state index contributed by atoms with van der Waals surface area (Å²) >= 11 is 3.36. The number of hydrogen-bond acceptors (Lipinski definition) is 7. The molecule has 188 valence electrons. The molecule has 0 atom stereocenters. The fourth-order valence-electron chi connectivity index (χ4n) is 2.65. The molecular formula is C24H29BrN4O6. The van der Waals surface area contributed by atoms with Gasteiger partial charge in [-0.3, -0.25) is 14.4 Å². The van der Waals surface area contributed by atoms with Crippen LogP contribution in [0.4, 0.5) is 5.69 Å². The maximum Gasteiger partial charge on any atom is 0.329 e. The molecule has 0 heterocycles. The maximum absolute atomic E-state index is 12.2. The molecule has 2 aromatic rings. The van der Waals surface area contributed by atoms with Crippen molar-refractivity contribution in [1.82, 2.24) is 10.7 Å². The molecule has 0 saturated heterocycles. The smallest absolute Gasteiger partial charge is 0.329 e. The highest BCUT2D eigenvalue weighted by atomic mass is 79.9. The Kier molecular flexibility index (Phi) is 11.7. The van der Waals surface area contributed by atoms with Crippen molar-refractivity contribution in [1.29, 1.82) is 0 Å². The van der Waals surface area contributed by atoms with Gasteiger partial charge >= 0.3 is 11.8 Å². The number of carbonyl (C=O) groups is 3. The average Bonchev–Trinajstić information content (AvgIpc) is 2.83. The molecule has 0 fully saturated rings. The molecule has 10 nitrogen and oxygen atoms in total. The number of rotatable bonds is 12. The Hall–Kier alpha value is -3.44. The summed E-state index contributed by atoms with van der Waals surface area (Å²) in [4.78, 5) is 36.0. The summed E-state index contributed by atoms with van der Waals surface area (Å²) in [5, 5.41) is 9.04. The SMILES string of the molecule is COc1ccc(NC(=O)COc2ccc(Br)cc2/C=N\NC(=O)C(=O)NCCCOC(C)C)cc1. The second-order valence-electron chi connectivity index (χ2n) is 7.48. The van der Waals surface area contributed by atoms with Crippen molar-refractivity contribution in [2.75, 3.05) is 32.2 Å². The maximum atomic E-state index is 12.2. The summed E-state index contributed by atoms with van der Waals surface area (Å²) in [5.74, 6) is -1.01. The molecule has 0 aliphatic heterocycles. The van der Waals surface area contributed by atoms with Crippen LogP contribution in [0.3, 0.4) is 0 Å². The number of hydrogen-bond donors (Lipinski definition) is 3. The Balaban J connectivity index is 1.85. The molecule has 0 unspecified atom stereocenters. The summed E-state index contributed by atoms with van der Waals surface area (Å²) in [6.07, 6.45) is 2.02. The zero-order chi connectivity index (χ0) is 25.6. The Morgan fingerprint density at radius 3 is 2.51 bits per heavy atom. The lowest BCUT2D eigenvalue weighted by atomic mass is 10.2. The summed E-state index contributed by atoms with van der Waals surface area (Å²) in [6.45, 7) is 4.39. The standard InChI is InChI=1S/C24H29BrN4O6/c1-16(2)34-12-4-11-26-23(31)24(32)29-27-14-17-13-18(25)5-10-21(17)35-15-22(30)28-19-6-8-20(33-3)9-7-19/h5-10,13-14,16H,4,11-12,15H2,1-3H3,(H,26,31)(H,28,30)(H,29,32)/b27-14-. The molecule has 2 rings (SSSR count). The number of anilines is 1. The lowest BCUT2D eigenvalue weighted by Crippen LogP contribution is -2.38. The van der Waals surface area contributed by atoms with E-state index in [1.807, 2.05) is 13.8 Å². The van der Waals surface area contributed by atoms with Gasteiger partial charge in [0, 0.05) is 28.9 Å². The molecule has 0 aliphatic carbocycles. The summed E-state index contributed by atoms with van der Waals surface area (Å²) < 4.78 is 16.8. The first kappa shape index (κ1) is 27.8. The van der Waals surface area contributed by atoms with Gasteiger partial charge in [0.15, 0.2) is 6.61 Å². The van der Waals surface area contributed by atoms with Gasteiger partial charge in [0.2, 0.25) is 0 Å². The lowest BCUT2D eigenvalue weighted by molar-refractivity contribution is -0.139. The van der Waals surface area contributed by atoms with Gasteiger partial charge in [0.05, 0.1) is 19.4 Å². The molecular weight excluding hydrogens is 520 g/mol. The Labute approximate surface area is 212 Å². The number of halogens is 1. The zero-order valence-corrected chi connectivity index (χ0v) is 21.4. The number of amides is 3. The number of nitrogens with zero attached hydrogens (tertiary/aromatic N) is 1. The molecule has 0 aliphatic rings. The number of carbonyl (C=O) groups excluding carboxylic acids is 3. The highest BCUT2D eigenvalue weighted by molar-refractivity contribution is 9.10. The summed E-state index contributed by atoms with van der Waals surface area (Å²) in [6, 6.07) is 12.0. The number of benzene rings is 2. The molecule has 0 spiro atoms. The minimum atomic E-state index is -0.901. The van der Waals surface area contributed by atoms with Crippen LogP contribution in [0.5, 0.6) is 11.5 Å². The van der Waals surface area contributed by atoms with Crippen LogP contribution in [0.2, 0.25) is 0 Å². The van der Waals surface area contributed by atoms with E-state index in [9.17, 15) is 14.4 Å². The summed E-state index contributed by atoms with van der Waals surface area (Å²) in [5.41, 5.74) is 3.26. The average molecular weight is 549 g/mol. The first-order valence-electron chi connectivity index (χ1n) is 10.9. The summed E-state index contributed by atoms with van der Waals surface area (Å²) in [7, 11) is 1.56. The lowest BCUT2D eigenvalue weighted by Gasteiger charge is -2.10. The number of hydrazone groups is 1. The van der Waals surface area contributed by atoms with Gasteiger partial charge in [0.1, 0.15) is 11.5 Å². The molecule has 0 bridgehead atoms. The van der Waals surface area contributed by atoms with Gasteiger partial charge in [0.25, 0.3) is 5.91 Å². The van der Waals surface area contributed by atoms with Crippen LogP contribution >= 0.6 is 15.9 Å². The minimum Gasteiger partial charge on any atom is -0.497 e. The van der Waals surface area contributed by atoms with Crippen LogP contribution < -0.4 is 25.5 Å². The van der Waals surface area contributed by atoms with Crippen LogP contribution in [0, 0.1) is 0 Å². The van der Waals surface area contributed by atoms with Crippen molar-refractivity contribution >= 4 is 45.6 Å². The van der Waals surface area contributed by atoms with Gasteiger partial charge in [-0.2, -0.15) is 5.10 Å². The van der Waals surface area contributed by atoms with Crippen LogP contribution in [0.1, 0.15) is 25.8 Å². The van der Waals surface area contributed by atoms with Gasteiger partial charge in [-0.25, -0.2) is 5.43 Å². The number of ether oxygens (including phenoxy) is 3. The van der Waals surface area contributed by atoms with Gasteiger partial charge in [-0.1, -0.05) is 15.9 Å². The predicted molar refractivity (Wildman–Crippen MR) is 136 cm³/mol. The quantitative estimate of drug-likeness (QED) is 0.162. The molecule has 0 aromatic heterocycles. The van der Waals surface area contributed by atoms with Crippen LogP contribution in [-0.2, 0) is 19.1 Å². The Morgan fingerprint density at radius 1 is 1.09 bits per heavy atom. The largest absolute Gasteiger partial charge is 0.497 e. The van der Waals surface area contributed by atoms with Crippen LogP contribution in [0.25, 0.3) is 0 Å². The first-order valence-corrected chi connectivity index (χ1v) is 11.7. The van der Waals surface area contributed by atoms with Gasteiger partial charge < -0.3 is 24.8 Å². The van der Waals surface area contributed by atoms with Crippen molar-refractivity contribution in [3.05, 3.63) is 52.5 Å². The van der Waals surface area contributed by atoms with Crippen LogP contribution in [0.15, 0.2) is 52.0 Å². The van der Waals surface area contributed by atoms with Crippen molar-refractivity contribution < 1.29 is 28.6 Å². The third kappa shape index (κ3) is 10.6. The molecule has 3 N–H and O–H groups in total. The normalized spacial score (nSPS) is 10.8. The van der Waals surface area contributed by atoms with Gasteiger partial charge in [-0.05, 0) is 62.7 Å². The third-order valence-electron chi connectivity index (χ3n) is 4.34. The van der Waals surface area contributed by atoms with E-state index in [-0.39, 0.29) is 18.6 Å². The fraction of sp³-hybridized carbons (Fsp3) is 0.333. The molecule has 0 radical (unpaired) electrons. The Morgan fingerprint density at radius 2 is 1.83 bits per heavy atom. The van der Waals surface area contributed by atoms with E-state index in [0.29, 0.717) is 42.3 Å². The number of nitrogens with one attached hydrogen (secondary N) is 3. The molecule has 3 amide bonds. The highest BCUT2D eigenvalue weighted by Gasteiger charge is 2.12. The highest BCUT2D eigenvalue weighted by Crippen LogP contribution is 2.22. The van der Waals surface area contributed by atoms with E-state index >= 15 is 0 Å². The van der Waals surface area contributed by atoms with E-state index in [1.54, 1.807) is 49.6 Å². The number of methoxy groups -OCH3 is 1. The Bertz CT molecular complexity index is 1030. The van der Waals surface area contributed by atoms with Crippen molar-refractivity contribution in [3.63, 3.8) is 0 Å². The predicted octanol–water partition coefficient (Wildman–Crippen LogP) is 2.86. The second-order valence-corrected chi connectivity index (χ2v) is 8.39. The monoisotopic (exact) mass is 548 g/mol. The van der Waals surface area contributed by atoms with E-state index in [1.165, 1.54) is 6.21 Å². The van der Waals surface area contributed by atoms with Crippen LogP contribution in [-0.4, -0.2) is 56.9 Å². The third-order valence-corrected chi connectivity index (χ3v) is 4.83. The van der Waals surface area contributed by atoms with Crippen molar-refractivity contribution in [2.45, 2.75) is 26.4 Å². The van der Waals surface area contributed by atoms with E-state index in [4.69, 9.17) is 14.2 Å².